The molecule has 0 radical (unpaired) electrons. The van der Waals surface area contributed by atoms with Crippen molar-refractivity contribution in [3.05, 3.63) is 65.7 Å². The molecule has 0 aliphatic rings. The first kappa shape index (κ1) is 24.4. The second-order valence-corrected chi connectivity index (χ2v) is 8.08. The fourth-order valence-electron chi connectivity index (χ4n) is 3.23. The van der Waals surface area contributed by atoms with Crippen molar-refractivity contribution in [2.75, 3.05) is 13.2 Å². The first-order valence-corrected chi connectivity index (χ1v) is 11.2. The molecule has 0 spiro atoms. The molecule has 0 aliphatic carbocycles. The molecule has 2 aromatic rings. The predicted molar refractivity (Wildman–Crippen MR) is 125 cm³/mol. The van der Waals surface area contributed by atoms with E-state index in [1.54, 1.807) is 4.90 Å². The van der Waals surface area contributed by atoms with Crippen LogP contribution in [0.15, 0.2) is 54.6 Å². The third-order valence-corrected chi connectivity index (χ3v) is 5.48. The molecule has 0 saturated carbocycles. The SMILES string of the molecule is CC[C@H](C)NC(=O)[C@@H](C)N(CCc1ccccc1)C(=O)CCCOc1ccc(C)cc1. The molecule has 0 heterocycles. The van der Waals surface area contributed by atoms with Gasteiger partial charge in [-0.05, 0) is 57.7 Å². The Morgan fingerprint density at radius 2 is 1.71 bits per heavy atom. The van der Waals surface area contributed by atoms with Gasteiger partial charge >= 0.3 is 0 Å². The Labute approximate surface area is 186 Å². The first-order chi connectivity index (χ1) is 14.9. The predicted octanol–water partition coefficient (Wildman–Crippen LogP) is 4.53. The lowest BCUT2D eigenvalue weighted by molar-refractivity contribution is -0.140. The lowest BCUT2D eigenvalue weighted by Gasteiger charge is -2.29. The zero-order valence-corrected chi connectivity index (χ0v) is 19.3. The Hall–Kier alpha value is -2.82. The van der Waals surface area contributed by atoms with Gasteiger partial charge in [-0.2, -0.15) is 0 Å². The van der Waals surface area contributed by atoms with Crippen molar-refractivity contribution in [2.24, 2.45) is 0 Å². The highest BCUT2D eigenvalue weighted by atomic mass is 16.5. The van der Waals surface area contributed by atoms with Gasteiger partial charge in [0.1, 0.15) is 11.8 Å². The van der Waals surface area contributed by atoms with E-state index in [1.165, 1.54) is 5.56 Å². The van der Waals surface area contributed by atoms with E-state index >= 15 is 0 Å². The second kappa shape index (κ2) is 12.8. The standard InChI is InChI=1S/C26H36N2O3/c1-5-21(3)27-26(30)22(4)28(18-17-23-10-7-6-8-11-23)25(29)12-9-19-31-24-15-13-20(2)14-16-24/h6-8,10-11,13-16,21-22H,5,9,12,17-19H2,1-4H3,(H,27,30)/t21-,22+/m0/s1. The molecule has 0 unspecified atom stereocenters. The minimum absolute atomic E-state index is 0.0183. The maximum Gasteiger partial charge on any atom is 0.242 e. The van der Waals surface area contributed by atoms with E-state index in [0.717, 1.165) is 17.7 Å². The molecular weight excluding hydrogens is 388 g/mol. The van der Waals surface area contributed by atoms with Gasteiger partial charge in [-0.1, -0.05) is 55.0 Å². The highest BCUT2D eigenvalue weighted by Gasteiger charge is 2.26. The Balaban J connectivity index is 1.93. The van der Waals surface area contributed by atoms with E-state index in [4.69, 9.17) is 4.74 Å². The van der Waals surface area contributed by atoms with Crippen LogP contribution < -0.4 is 10.1 Å². The number of benzene rings is 2. The third-order valence-electron chi connectivity index (χ3n) is 5.48. The molecule has 2 aromatic carbocycles. The summed E-state index contributed by atoms with van der Waals surface area (Å²) in [5.74, 6) is 0.683. The number of hydrogen-bond donors (Lipinski definition) is 1. The van der Waals surface area contributed by atoms with Crippen LogP contribution in [0.25, 0.3) is 0 Å². The lowest BCUT2D eigenvalue weighted by atomic mass is 10.1. The van der Waals surface area contributed by atoms with E-state index in [9.17, 15) is 9.59 Å². The minimum Gasteiger partial charge on any atom is -0.494 e. The van der Waals surface area contributed by atoms with Crippen molar-refractivity contribution in [2.45, 2.75) is 65.5 Å². The van der Waals surface area contributed by atoms with Gasteiger partial charge < -0.3 is 15.0 Å². The van der Waals surface area contributed by atoms with Crippen LogP contribution >= 0.6 is 0 Å². The van der Waals surface area contributed by atoms with Crippen LogP contribution in [-0.2, 0) is 16.0 Å². The van der Waals surface area contributed by atoms with E-state index < -0.39 is 6.04 Å². The van der Waals surface area contributed by atoms with E-state index in [0.29, 0.717) is 32.4 Å². The fraction of sp³-hybridized carbons (Fsp3) is 0.462. The minimum atomic E-state index is -0.511. The van der Waals surface area contributed by atoms with E-state index in [2.05, 4.69) is 5.32 Å². The summed E-state index contributed by atoms with van der Waals surface area (Å²) in [5.41, 5.74) is 2.33. The lowest BCUT2D eigenvalue weighted by Crippen LogP contribution is -2.50. The molecule has 0 saturated heterocycles. The Bertz CT molecular complexity index is 805. The number of carbonyl (C=O) groups excluding carboxylic acids is 2. The van der Waals surface area contributed by atoms with Crippen molar-refractivity contribution in [3.63, 3.8) is 0 Å². The third kappa shape index (κ3) is 8.44. The van der Waals surface area contributed by atoms with Crippen molar-refractivity contribution in [1.29, 1.82) is 0 Å². The smallest absolute Gasteiger partial charge is 0.242 e. The summed E-state index contributed by atoms with van der Waals surface area (Å²) in [7, 11) is 0. The molecule has 0 aliphatic heterocycles. The second-order valence-electron chi connectivity index (χ2n) is 8.08. The molecule has 2 rings (SSSR count). The maximum atomic E-state index is 13.0. The zero-order chi connectivity index (χ0) is 22.6. The number of rotatable bonds is 12. The normalized spacial score (nSPS) is 12.6. The molecule has 0 fully saturated rings. The first-order valence-electron chi connectivity index (χ1n) is 11.2. The van der Waals surface area contributed by atoms with Crippen LogP contribution in [0.1, 0.15) is 51.2 Å². The highest BCUT2D eigenvalue weighted by molar-refractivity contribution is 5.87. The van der Waals surface area contributed by atoms with Crippen LogP contribution in [0.3, 0.4) is 0 Å². The van der Waals surface area contributed by atoms with Crippen LogP contribution in [0.2, 0.25) is 0 Å². The Kier molecular flexibility index (Phi) is 10.1. The molecule has 0 aromatic heterocycles. The van der Waals surface area contributed by atoms with Crippen molar-refractivity contribution < 1.29 is 14.3 Å². The molecule has 2 atom stereocenters. The molecule has 168 valence electrons. The van der Waals surface area contributed by atoms with Gasteiger partial charge in [0.25, 0.3) is 0 Å². The number of hydrogen-bond acceptors (Lipinski definition) is 3. The van der Waals surface area contributed by atoms with Gasteiger partial charge in [0.2, 0.25) is 11.8 Å². The summed E-state index contributed by atoms with van der Waals surface area (Å²) in [6.45, 7) is 8.82. The summed E-state index contributed by atoms with van der Waals surface area (Å²) in [5, 5.41) is 3.00. The van der Waals surface area contributed by atoms with Crippen LogP contribution in [-0.4, -0.2) is 41.9 Å². The molecule has 2 amide bonds. The van der Waals surface area contributed by atoms with Gasteiger partial charge in [-0.25, -0.2) is 0 Å². The highest BCUT2D eigenvalue weighted by Crippen LogP contribution is 2.13. The fourth-order valence-corrected chi connectivity index (χ4v) is 3.23. The number of nitrogens with one attached hydrogen (secondary N) is 1. The summed E-state index contributed by atoms with van der Waals surface area (Å²) >= 11 is 0. The Morgan fingerprint density at radius 1 is 1.03 bits per heavy atom. The number of carbonyl (C=O) groups is 2. The van der Waals surface area contributed by atoms with Crippen LogP contribution in [0.5, 0.6) is 5.75 Å². The van der Waals surface area contributed by atoms with Gasteiger partial charge in [0.05, 0.1) is 6.61 Å². The van der Waals surface area contributed by atoms with E-state index in [-0.39, 0.29) is 17.9 Å². The molecular formula is C26H36N2O3. The summed E-state index contributed by atoms with van der Waals surface area (Å²) in [6, 6.07) is 17.5. The molecule has 31 heavy (non-hydrogen) atoms. The molecule has 5 nitrogen and oxygen atoms in total. The van der Waals surface area contributed by atoms with Crippen molar-refractivity contribution in [1.82, 2.24) is 10.2 Å². The van der Waals surface area contributed by atoms with Gasteiger partial charge in [-0.15, -0.1) is 0 Å². The van der Waals surface area contributed by atoms with Crippen LogP contribution in [0.4, 0.5) is 0 Å². The van der Waals surface area contributed by atoms with Crippen LogP contribution in [0, 0.1) is 6.92 Å². The van der Waals surface area contributed by atoms with Gasteiger partial charge in [-0.3, -0.25) is 9.59 Å². The molecule has 0 bridgehead atoms. The number of amides is 2. The van der Waals surface area contributed by atoms with Crippen molar-refractivity contribution >= 4 is 11.8 Å². The van der Waals surface area contributed by atoms with Crippen molar-refractivity contribution in [3.8, 4) is 5.75 Å². The Morgan fingerprint density at radius 3 is 2.35 bits per heavy atom. The zero-order valence-electron chi connectivity index (χ0n) is 19.3. The number of aryl methyl sites for hydroxylation is 1. The summed E-state index contributed by atoms with van der Waals surface area (Å²) < 4.78 is 5.75. The molecule has 5 heteroatoms. The average Bonchev–Trinajstić information content (AvgIpc) is 2.78. The van der Waals surface area contributed by atoms with Gasteiger partial charge in [0, 0.05) is 19.0 Å². The quantitative estimate of drug-likeness (QED) is 0.509. The monoisotopic (exact) mass is 424 g/mol. The van der Waals surface area contributed by atoms with E-state index in [1.807, 2.05) is 82.3 Å². The largest absolute Gasteiger partial charge is 0.494 e. The summed E-state index contributed by atoms with van der Waals surface area (Å²) in [4.78, 5) is 27.4. The topological polar surface area (TPSA) is 58.6 Å². The number of ether oxygens (including phenoxy) is 1. The average molecular weight is 425 g/mol. The number of nitrogens with zero attached hydrogens (tertiary/aromatic N) is 1. The maximum absolute atomic E-state index is 13.0. The molecule has 1 N–H and O–H groups in total. The van der Waals surface area contributed by atoms with Gasteiger partial charge in [0.15, 0.2) is 0 Å². The summed E-state index contributed by atoms with van der Waals surface area (Å²) in [6.07, 6.45) is 2.52.